The summed E-state index contributed by atoms with van der Waals surface area (Å²) in [6, 6.07) is 13.5. The number of nitrogens with one attached hydrogen (secondary N) is 2. The molecule has 0 atom stereocenters. The van der Waals surface area contributed by atoms with Crippen LogP contribution in [0, 0.1) is 6.92 Å². The Labute approximate surface area is 167 Å². The van der Waals surface area contributed by atoms with Crippen LogP contribution in [0.2, 0.25) is 10.0 Å². The lowest BCUT2D eigenvalue weighted by atomic mass is 10.0. The van der Waals surface area contributed by atoms with E-state index in [-0.39, 0.29) is 5.78 Å². The van der Waals surface area contributed by atoms with Gasteiger partial charge in [0.2, 0.25) is 0 Å². The van der Waals surface area contributed by atoms with Crippen molar-refractivity contribution in [3.05, 3.63) is 69.5 Å². The van der Waals surface area contributed by atoms with Gasteiger partial charge in [-0.2, -0.15) is 0 Å². The van der Waals surface area contributed by atoms with E-state index >= 15 is 0 Å². The van der Waals surface area contributed by atoms with Crippen LogP contribution < -0.4 is 0 Å². The number of hydrogen-bond donors (Lipinski definition) is 2. The Hall–Kier alpha value is -2.23. The number of hydrogen-bond acceptors (Lipinski definition) is 1. The normalized spacial score (nSPS) is 11.5. The molecular weight excluding hydrogens is 379 g/mol. The topological polar surface area (TPSA) is 48.6 Å². The third-order valence-corrected chi connectivity index (χ3v) is 5.62. The maximum Gasteiger partial charge on any atom is 0.179 e. The molecule has 4 aromatic rings. The van der Waals surface area contributed by atoms with E-state index in [0.717, 1.165) is 46.4 Å². The molecule has 0 amide bonds. The van der Waals surface area contributed by atoms with E-state index in [0.29, 0.717) is 17.1 Å². The highest BCUT2D eigenvalue weighted by Gasteiger charge is 2.12. The Balaban J connectivity index is 1.39. The van der Waals surface area contributed by atoms with Gasteiger partial charge in [-0.1, -0.05) is 35.3 Å². The van der Waals surface area contributed by atoms with E-state index in [4.69, 9.17) is 23.2 Å². The number of halogens is 2. The molecule has 2 N–H and O–H groups in total. The van der Waals surface area contributed by atoms with Crippen LogP contribution in [0.25, 0.3) is 21.8 Å². The van der Waals surface area contributed by atoms with Crippen LogP contribution >= 0.6 is 23.2 Å². The number of para-hydroxylation sites is 1. The molecule has 4 rings (SSSR count). The van der Waals surface area contributed by atoms with Crippen molar-refractivity contribution in [1.82, 2.24) is 9.97 Å². The minimum atomic E-state index is 0.140. The third-order valence-electron chi connectivity index (χ3n) is 5.07. The van der Waals surface area contributed by atoms with Gasteiger partial charge in [0.1, 0.15) is 0 Å². The molecule has 0 saturated heterocycles. The highest BCUT2D eigenvalue weighted by atomic mass is 35.5. The second kappa shape index (κ2) is 7.41. The van der Waals surface area contributed by atoms with E-state index in [1.165, 1.54) is 10.9 Å². The molecule has 2 heterocycles. The van der Waals surface area contributed by atoms with Crippen molar-refractivity contribution in [3.63, 3.8) is 0 Å². The molecule has 3 nitrogen and oxygen atoms in total. The van der Waals surface area contributed by atoms with Gasteiger partial charge in [0.05, 0.1) is 16.2 Å². The van der Waals surface area contributed by atoms with Crippen molar-refractivity contribution in [3.8, 4) is 0 Å². The molecule has 0 aliphatic heterocycles. The largest absolute Gasteiger partial charge is 0.357 e. The molecule has 0 fully saturated rings. The smallest absolute Gasteiger partial charge is 0.179 e. The summed E-state index contributed by atoms with van der Waals surface area (Å²) in [6.07, 6.45) is 3.27. The lowest BCUT2D eigenvalue weighted by Crippen LogP contribution is -1.99. The molecule has 0 bridgehead atoms. The van der Waals surface area contributed by atoms with Crippen molar-refractivity contribution in [2.24, 2.45) is 0 Å². The monoisotopic (exact) mass is 398 g/mol. The Bertz CT molecular complexity index is 1140. The number of aromatic amines is 2. The number of H-pyrrole nitrogens is 2. The van der Waals surface area contributed by atoms with Gasteiger partial charge >= 0.3 is 0 Å². The van der Waals surface area contributed by atoms with Crippen LogP contribution in [0.1, 0.15) is 41.0 Å². The Kier molecular flexibility index (Phi) is 4.98. The van der Waals surface area contributed by atoms with Crippen molar-refractivity contribution in [2.45, 2.75) is 32.6 Å². The summed E-state index contributed by atoms with van der Waals surface area (Å²) >= 11 is 12.3. The second-order valence-corrected chi connectivity index (χ2v) is 7.78. The fourth-order valence-corrected chi connectivity index (χ4v) is 4.07. The Morgan fingerprint density at radius 3 is 2.74 bits per heavy atom. The first-order chi connectivity index (χ1) is 13.0. The van der Waals surface area contributed by atoms with Gasteiger partial charge in [-0.05, 0) is 62.1 Å². The van der Waals surface area contributed by atoms with E-state index in [9.17, 15) is 4.79 Å². The van der Waals surface area contributed by atoms with Crippen LogP contribution in [0.5, 0.6) is 0 Å². The lowest BCUT2D eigenvalue weighted by molar-refractivity contribution is 0.0975. The first kappa shape index (κ1) is 18.1. The summed E-state index contributed by atoms with van der Waals surface area (Å²) in [7, 11) is 0. The quantitative estimate of drug-likeness (QED) is 0.270. The predicted octanol–water partition coefficient (Wildman–Crippen LogP) is 6.86. The van der Waals surface area contributed by atoms with Gasteiger partial charge in [0.25, 0.3) is 0 Å². The number of rotatable bonds is 6. The van der Waals surface area contributed by atoms with Crippen LogP contribution in [-0.4, -0.2) is 15.8 Å². The molecule has 5 heteroatoms. The summed E-state index contributed by atoms with van der Waals surface area (Å²) in [6.45, 7) is 2.08. The summed E-state index contributed by atoms with van der Waals surface area (Å²) < 4.78 is 0. The van der Waals surface area contributed by atoms with Gasteiger partial charge in [-0.15, -0.1) is 0 Å². The number of fused-ring (bicyclic) bond motifs is 2. The number of unbranched alkanes of at least 4 members (excludes halogenated alkanes) is 1. The van der Waals surface area contributed by atoms with Crippen molar-refractivity contribution in [2.75, 3.05) is 0 Å². The number of benzene rings is 2. The molecule has 0 radical (unpaired) electrons. The van der Waals surface area contributed by atoms with E-state index < -0.39 is 0 Å². The highest BCUT2D eigenvalue weighted by molar-refractivity contribution is 6.35. The van der Waals surface area contributed by atoms with E-state index in [2.05, 4.69) is 23.0 Å². The number of aryl methyl sites for hydroxylation is 2. The maximum absolute atomic E-state index is 12.5. The molecule has 0 saturated carbocycles. The second-order valence-electron chi connectivity index (χ2n) is 6.94. The van der Waals surface area contributed by atoms with Crippen molar-refractivity contribution < 1.29 is 4.79 Å². The first-order valence-corrected chi connectivity index (χ1v) is 9.85. The highest BCUT2D eigenvalue weighted by Crippen LogP contribution is 2.29. The first-order valence-electron chi connectivity index (χ1n) is 9.10. The lowest BCUT2D eigenvalue weighted by Gasteiger charge is -2.02. The Morgan fingerprint density at radius 2 is 1.89 bits per heavy atom. The number of Topliss-reactive ketones (excluding diaryl/α,β-unsaturated/α-hetero) is 1. The fraction of sp³-hybridized carbons (Fsp3) is 0.227. The molecule has 0 spiro atoms. The SMILES string of the molecule is Cc1[nH]c2c(Cl)cccc2c1CCCCC(=O)c1cc2cc(Cl)ccc2[nH]1. The minimum absolute atomic E-state index is 0.140. The average Bonchev–Trinajstić information content (AvgIpc) is 3.20. The molecule has 2 aromatic carbocycles. The average molecular weight is 399 g/mol. The summed E-state index contributed by atoms with van der Waals surface area (Å²) in [5, 5.41) is 3.57. The summed E-state index contributed by atoms with van der Waals surface area (Å²) in [5.41, 5.74) is 5.04. The zero-order valence-electron chi connectivity index (χ0n) is 15.0. The van der Waals surface area contributed by atoms with Gasteiger partial charge in [0.15, 0.2) is 5.78 Å². The predicted molar refractivity (Wildman–Crippen MR) is 113 cm³/mol. The van der Waals surface area contributed by atoms with E-state index in [1.54, 1.807) is 0 Å². The molecule has 0 aliphatic rings. The molecular formula is C22H20Cl2N2O. The van der Waals surface area contributed by atoms with Gasteiger partial charge in [-0.25, -0.2) is 0 Å². The van der Waals surface area contributed by atoms with Gasteiger partial charge < -0.3 is 9.97 Å². The van der Waals surface area contributed by atoms with Crippen LogP contribution in [0.4, 0.5) is 0 Å². The van der Waals surface area contributed by atoms with Gasteiger partial charge in [-0.3, -0.25) is 4.79 Å². The molecule has 2 aromatic heterocycles. The number of carbonyl (C=O) groups is 1. The summed E-state index contributed by atoms with van der Waals surface area (Å²) in [5.74, 6) is 0.140. The zero-order chi connectivity index (χ0) is 19.0. The van der Waals surface area contributed by atoms with Crippen LogP contribution in [-0.2, 0) is 6.42 Å². The molecule has 27 heavy (non-hydrogen) atoms. The zero-order valence-corrected chi connectivity index (χ0v) is 16.5. The van der Waals surface area contributed by atoms with Gasteiger partial charge in [0, 0.05) is 33.4 Å². The maximum atomic E-state index is 12.5. The third kappa shape index (κ3) is 3.62. The summed E-state index contributed by atoms with van der Waals surface area (Å²) in [4.78, 5) is 19.1. The van der Waals surface area contributed by atoms with Crippen molar-refractivity contribution >= 4 is 50.8 Å². The van der Waals surface area contributed by atoms with Crippen LogP contribution in [0.3, 0.4) is 0 Å². The number of ketones is 1. The molecule has 138 valence electrons. The molecule has 0 unspecified atom stereocenters. The van der Waals surface area contributed by atoms with Crippen LogP contribution in [0.15, 0.2) is 42.5 Å². The molecule has 0 aliphatic carbocycles. The Morgan fingerprint density at radius 1 is 1.04 bits per heavy atom. The van der Waals surface area contributed by atoms with Crippen molar-refractivity contribution in [1.29, 1.82) is 0 Å². The number of carbonyl (C=O) groups excluding carboxylic acids is 1. The van der Waals surface area contributed by atoms with E-state index in [1.807, 2.05) is 36.4 Å². The standard InChI is InChI=1S/C22H20Cl2N2O/c1-13-16(17-6-4-7-18(24)22(17)25-13)5-2-3-8-21(27)20-12-14-11-15(23)9-10-19(14)26-20/h4,6-7,9-12,25-26H,2-3,5,8H2,1H3. The number of aromatic nitrogens is 2. The minimum Gasteiger partial charge on any atom is -0.357 e. The fourth-order valence-electron chi connectivity index (χ4n) is 3.67.